The first kappa shape index (κ1) is 15.5. The summed E-state index contributed by atoms with van der Waals surface area (Å²) < 4.78 is 10.7. The van der Waals surface area contributed by atoms with E-state index in [1.165, 1.54) is 18.2 Å². The van der Waals surface area contributed by atoms with Crippen LogP contribution in [0.2, 0.25) is 0 Å². The second-order valence-corrected chi connectivity index (χ2v) is 5.10. The summed E-state index contributed by atoms with van der Waals surface area (Å²) in [7, 11) is 0. The number of aliphatic hydroxyl groups excluding tert-OH is 1. The fourth-order valence-electron chi connectivity index (χ4n) is 2.51. The van der Waals surface area contributed by atoms with Gasteiger partial charge >= 0.3 is 0 Å². The molecule has 1 aromatic heterocycles. The van der Waals surface area contributed by atoms with Crippen LogP contribution < -0.4 is 15.9 Å². The molecule has 5 N–H and O–H groups in total. The highest BCUT2D eigenvalue weighted by molar-refractivity contribution is 5.54. The predicted molar refractivity (Wildman–Crippen MR) is 80.0 cm³/mol. The molecule has 2 aromatic rings. The van der Waals surface area contributed by atoms with E-state index < -0.39 is 23.7 Å². The molecule has 0 saturated carbocycles. The van der Waals surface area contributed by atoms with Crippen LogP contribution in [0.5, 0.6) is 17.2 Å². The number of nitrogens with zero attached hydrogens (tertiary/aromatic N) is 1. The van der Waals surface area contributed by atoms with Gasteiger partial charge in [0.1, 0.15) is 24.0 Å². The molecule has 0 saturated heterocycles. The summed E-state index contributed by atoms with van der Waals surface area (Å²) >= 11 is 0. The fraction of sp³-hybridized carbons (Fsp3) is 0.125. The van der Waals surface area contributed by atoms with Gasteiger partial charge in [0.05, 0.1) is 5.92 Å². The first-order valence-electron chi connectivity index (χ1n) is 6.83. The molecule has 8 heteroatoms. The lowest BCUT2D eigenvalue weighted by Crippen LogP contribution is -2.25. The van der Waals surface area contributed by atoms with Gasteiger partial charge in [0.25, 0.3) is 0 Å². The van der Waals surface area contributed by atoms with Gasteiger partial charge in [-0.15, -0.1) is 0 Å². The van der Waals surface area contributed by atoms with Crippen molar-refractivity contribution in [1.82, 2.24) is 0 Å². The van der Waals surface area contributed by atoms with Gasteiger partial charge in [-0.05, 0) is 17.7 Å². The van der Waals surface area contributed by atoms with Crippen LogP contribution in [0, 0.1) is 11.3 Å². The maximum Gasteiger partial charge on any atom is 0.228 e. The molecule has 0 unspecified atom stereocenters. The SMILES string of the molecule is N#CC1=C(N)Oc2c(oc(CO)cc2=O)[C@@H]1c1ccc(O)c(O)c1. The zero-order valence-corrected chi connectivity index (χ0v) is 12.2. The van der Waals surface area contributed by atoms with Crippen LogP contribution in [0.25, 0.3) is 0 Å². The summed E-state index contributed by atoms with van der Waals surface area (Å²) in [6, 6.07) is 6.87. The van der Waals surface area contributed by atoms with E-state index in [1.807, 2.05) is 6.07 Å². The molecule has 0 amide bonds. The normalized spacial score (nSPS) is 16.2. The Hall–Kier alpha value is -3.44. The molecule has 8 nitrogen and oxygen atoms in total. The average Bonchev–Trinajstić information content (AvgIpc) is 2.56. The highest BCUT2D eigenvalue weighted by Crippen LogP contribution is 2.42. The zero-order chi connectivity index (χ0) is 17.4. The minimum atomic E-state index is -0.926. The van der Waals surface area contributed by atoms with Crippen LogP contribution in [0.1, 0.15) is 23.0 Å². The number of benzene rings is 1. The molecule has 0 bridgehead atoms. The fourth-order valence-corrected chi connectivity index (χ4v) is 2.51. The van der Waals surface area contributed by atoms with Crippen molar-refractivity contribution in [2.45, 2.75) is 12.5 Å². The Morgan fingerprint density at radius 1 is 1.25 bits per heavy atom. The van der Waals surface area contributed by atoms with Crippen molar-refractivity contribution in [3.63, 3.8) is 0 Å². The Labute approximate surface area is 135 Å². The minimum Gasteiger partial charge on any atom is -0.504 e. The predicted octanol–water partition coefficient (Wildman–Crippen LogP) is 0.761. The van der Waals surface area contributed by atoms with Crippen molar-refractivity contribution in [1.29, 1.82) is 5.26 Å². The molecule has 0 aliphatic carbocycles. The molecular weight excluding hydrogens is 316 g/mol. The van der Waals surface area contributed by atoms with Gasteiger partial charge in [0.2, 0.25) is 17.1 Å². The van der Waals surface area contributed by atoms with Gasteiger partial charge in [-0.3, -0.25) is 4.79 Å². The van der Waals surface area contributed by atoms with Gasteiger partial charge in [0, 0.05) is 6.07 Å². The van der Waals surface area contributed by atoms with Crippen molar-refractivity contribution in [3.05, 3.63) is 63.0 Å². The van der Waals surface area contributed by atoms with Crippen molar-refractivity contribution in [2.75, 3.05) is 0 Å². The van der Waals surface area contributed by atoms with Crippen molar-refractivity contribution in [3.8, 4) is 23.3 Å². The Morgan fingerprint density at radius 3 is 2.62 bits per heavy atom. The summed E-state index contributed by atoms with van der Waals surface area (Å²) in [6.07, 6.45) is 0. The van der Waals surface area contributed by atoms with Crippen LogP contribution in [0.15, 0.2) is 44.9 Å². The Bertz CT molecular complexity index is 954. The number of fused-ring (bicyclic) bond motifs is 1. The second-order valence-electron chi connectivity index (χ2n) is 5.10. The molecule has 3 rings (SSSR count). The summed E-state index contributed by atoms with van der Waals surface area (Å²) in [6.45, 7) is -0.517. The van der Waals surface area contributed by atoms with E-state index in [4.69, 9.17) is 14.9 Å². The van der Waals surface area contributed by atoms with Gasteiger partial charge < -0.3 is 30.2 Å². The lowest BCUT2D eigenvalue weighted by Gasteiger charge is -2.24. The smallest absolute Gasteiger partial charge is 0.228 e. The number of nitrogens with two attached hydrogens (primary N) is 1. The molecule has 0 radical (unpaired) electrons. The number of phenolic OH excluding ortho intramolecular Hbond substituents is 2. The number of hydrogen-bond donors (Lipinski definition) is 4. The molecule has 0 fully saturated rings. The summed E-state index contributed by atoms with van der Waals surface area (Å²) in [5, 5.41) is 37.8. The maximum absolute atomic E-state index is 12.1. The largest absolute Gasteiger partial charge is 0.504 e. The molecule has 122 valence electrons. The van der Waals surface area contributed by atoms with Crippen LogP contribution >= 0.6 is 0 Å². The summed E-state index contributed by atoms with van der Waals surface area (Å²) in [5.74, 6) is -2.14. The van der Waals surface area contributed by atoms with Crippen molar-refractivity contribution >= 4 is 0 Å². The lowest BCUT2D eigenvalue weighted by molar-refractivity contribution is 0.231. The van der Waals surface area contributed by atoms with Gasteiger partial charge in [-0.25, -0.2) is 0 Å². The minimum absolute atomic E-state index is 0.00638. The average molecular weight is 328 g/mol. The maximum atomic E-state index is 12.1. The second kappa shape index (κ2) is 5.64. The third-order valence-corrected chi connectivity index (χ3v) is 3.62. The molecule has 1 atom stereocenters. The van der Waals surface area contributed by atoms with E-state index >= 15 is 0 Å². The Balaban J connectivity index is 2.30. The Kier molecular flexibility index (Phi) is 3.63. The number of rotatable bonds is 2. The highest BCUT2D eigenvalue weighted by atomic mass is 16.5. The number of phenols is 2. The topological polar surface area (TPSA) is 150 Å². The summed E-state index contributed by atoms with van der Waals surface area (Å²) in [4.78, 5) is 12.1. The van der Waals surface area contributed by atoms with E-state index in [2.05, 4.69) is 0 Å². The number of allylic oxidation sites excluding steroid dienone is 1. The van der Waals surface area contributed by atoms with E-state index in [9.17, 15) is 25.4 Å². The van der Waals surface area contributed by atoms with E-state index in [0.29, 0.717) is 5.56 Å². The third kappa shape index (κ3) is 2.33. The van der Waals surface area contributed by atoms with Crippen LogP contribution in [-0.4, -0.2) is 15.3 Å². The first-order valence-corrected chi connectivity index (χ1v) is 6.83. The van der Waals surface area contributed by atoms with Gasteiger partial charge in [-0.1, -0.05) is 6.07 Å². The molecule has 1 aliphatic heterocycles. The number of ether oxygens (including phenoxy) is 1. The number of nitriles is 1. The number of aromatic hydroxyl groups is 2. The molecular formula is C16H12N2O6. The standard InChI is InChI=1S/C16H12N2O6/c17-5-9-13(7-1-2-10(20)11(21)3-7)15-14(24-16(9)18)12(22)4-8(6-19)23-15/h1-4,13,19-21H,6,18H2/t13-/m1/s1. The van der Waals surface area contributed by atoms with Crippen LogP contribution in [0.3, 0.4) is 0 Å². The first-order chi connectivity index (χ1) is 11.5. The molecule has 1 aliphatic rings. The van der Waals surface area contributed by atoms with Crippen molar-refractivity contribution in [2.24, 2.45) is 5.73 Å². The number of hydrogen-bond acceptors (Lipinski definition) is 8. The van der Waals surface area contributed by atoms with E-state index in [-0.39, 0.29) is 34.5 Å². The monoisotopic (exact) mass is 328 g/mol. The van der Waals surface area contributed by atoms with E-state index in [1.54, 1.807) is 0 Å². The molecule has 0 spiro atoms. The van der Waals surface area contributed by atoms with E-state index in [0.717, 1.165) is 6.07 Å². The lowest BCUT2D eigenvalue weighted by atomic mass is 9.87. The summed E-state index contributed by atoms with van der Waals surface area (Å²) in [5.41, 5.74) is 5.50. The molecule has 2 heterocycles. The van der Waals surface area contributed by atoms with Crippen LogP contribution in [0.4, 0.5) is 0 Å². The number of aliphatic hydroxyl groups is 1. The van der Waals surface area contributed by atoms with Crippen molar-refractivity contribution < 1.29 is 24.5 Å². The van der Waals surface area contributed by atoms with Gasteiger partial charge in [-0.2, -0.15) is 5.26 Å². The zero-order valence-electron chi connectivity index (χ0n) is 12.2. The van der Waals surface area contributed by atoms with Crippen LogP contribution in [-0.2, 0) is 6.61 Å². The highest BCUT2D eigenvalue weighted by Gasteiger charge is 2.35. The molecule has 1 aromatic carbocycles. The van der Waals surface area contributed by atoms with Gasteiger partial charge in [0.15, 0.2) is 17.3 Å². The molecule has 24 heavy (non-hydrogen) atoms. The third-order valence-electron chi connectivity index (χ3n) is 3.62. The Morgan fingerprint density at radius 2 is 2.00 bits per heavy atom. The quantitative estimate of drug-likeness (QED) is 0.590.